The number of hydrogen-bond donors (Lipinski definition) is 1. The summed E-state index contributed by atoms with van der Waals surface area (Å²) in [7, 11) is 0. The normalized spacial score (nSPS) is 13.2. The van der Waals surface area contributed by atoms with Crippen LogP contribution in [0.2, 0.25) is 0 Å². The molecule has 0 aromatic heterocycles. The summed E-state index contributed by atoms with van der Waals surface area (Å²) in [5.74, 6) is 0.213. The van der Waals surface area contributed by atoms with Crippen LogP contribution >= 0.6 is 23.2 Å². The van der Waals surface area contributed by atoms with Crippen molar-refractivity contribution in [3.8, 4) is 5.75 Å². The van der Waals surface area contributed by atoms with Gasteiger partial charge >= 0.3 is 0 Å². The molecule has 0 heterocycles. The number of phenols is 1. The molecule has 3 heteroatoms. The summed E-state index contributed by atoms with van der Waals surface area (Å²) in [6.07, 6.45) is 0. The lowest BCUT2D eigenvalue weighted by atomic mass is 9.79. The summed E-state index contributed by atoms with van der Waals surface area (Å²) < 4.78 is 0. The largest absolute Gasteiger partial charge is 0.507 e. The summed E-state index contributed by atoms with van der Waals surface area (Å²) in [5.41, 5.74) is 2.45. The number of phenolic OH excluding ortho intramolecular Hbond substituents is 1. The summed E-state index contributed by atoms with van der Waals surface area (Å²) in [4.78, 5) is -0.714. The third-order valence-electron chi connectivity index (χ3n) is 3.05. The molecule has 0 atom stereocenters. The van der Waals surface area contributed by atoms with E-state index in [9.17, 15) is 5.11 Å². The van der Waals surface area contributed by atoms with Crippen molar-refractivity contribution in [1.82, 2.24) is 0 Å². The smallest absolute Gasteiger partial charge is 0.136 e. The Bertz CT molecular complexity index is 437. The van der Waals surface area contributed by atoms with Gasteiger partial charge in [-0.25, -0.2) is 0 Å². The molecule has 0 saturated heterocycles. The molecule has 0 unspecified atom stereocenters. The van der Waals surface area contributed by atoms with Crippen molar-refractivity contribution in [2.45, 2.75) is 57.2 Å². The highest BCUT2D eigenvalue weighted by atomic mass is 35.5. The number of benzene rings is 1. The average molecular weight is 289 g/mol. The predicted molar refractivity (Wildman–Crippen MR) is 80.0 cm³/mol. The lowest BCUT2D eigenvalue weighted by molar-refractivity contribution is 0.439. The first-order valence-corrected chi connectivity index (χ1v) is 6.98. The van der Waals surface area contributed by atoms with Gasteiger partial charge in [-0.3, -0.25) is 0 Å². The Kier molecular flexibility index (Phi) is 4.30. The summed E-state index contributed by atoms with van der Waals surface area (Å²) in [5, 5.41) is 10.3. The van der Waals surface area contributed by atoms with E-state index in [2.05, 4.69) is 47.6 Å². The first-order chi connectivity index (χ1) is 7.94. The van der Waals surface area contributed by atoms with Crippen LogP contribution < -0.4 is 0 Å². The molecule has 0 amide bonds. The van der Waals surface area contributed by atoms with Gasteiger partial charge in [0.15, 0.2) is 0 Å². The minimum Gasteiger partial charge on any atom is -0.507 e. The first kappa shape index (κ1) is 15.7. The van der Waals surface area contributed by atoms with Crippen molar-refractivity contribution in [1.29, 1.82) is 0 Å². The molecule has 0 spiro atoms. The van der Waals surface area contributed by atoms with Gasteiger partial charge < -0.3 is 5.11 Å². The maximum atomic E-state index is 10.3. The average Bonchev–Trinajstić information content (AvgIpc) is 2.13. The molecular weight excluding hydrogens is 267 g/mol. The van der Waals surface area contributed by atoms with Crippen LogP contribution in [0.4, 0.5) is 0 Å². The molecule has 0 aliphatic heterocycles. The minimum absolute atomic E-state index is 0.00881. The van der Waals surface area contributed by atoms with Crippen LogP contribution in [-0.2, 0) is 10.8 Å². The lowest BCUT2D eigenvalue weighted by Crippen LogP contribution is -2.17. The van der Waals surface area contributed by atoms with Gasteiger partial charge in [-0.1, -0.05) is 70.8 Å². The van der Waals surface area contributed by atoms with Crippen LogP contribution in [0.5, 0.6) is 5.75 Å². The molecule has 1 aromatic carbocycles. The molecule has 0 aliphatic carbocycles. The van der Waals surface area contributed by atoms with Crippen molar-refractivity contribution in [2.24, 2.45) is 0 Å². The monoisotopic (exact) mass is 288 g/mol. The number of aromatic hydroxyl groups is 1. The second-order valence-corrected chi connectivity index (χ2v) is 7.86. The number of hydrogen-bond acceptors (Lipinski definition) is 1. The lowest BCUT2D eigenvalue weighted by Gasteiger charge is -2.27. The van der Waals surface area contributed by atoms with Gasteiger partial charge in [0.2, 0.25) is 0 Å². The van der Waals surface area contributed by atoms with E-state index in [0.29, 0.717) is 5.56 Å². The standard InChI is InChI=1S/C15H22Cl2O/c1-14(2,3)9-7-10(13(16)17)12(18)11(8-9)15(4,5)6/h7-8,13,18H,1-6H3. The van der Waals surface area contributed by atoms with Gasteiger partial charge in [-0.05, 0) is 28.0 Å². The van der Waals surface area contributed by atoms with E-state index in [0.717, 1.165) is 11.1 Å². The Balaban J connectivity index is 3.58. The Morgan fingerprint density at radius 2 is 1.44 bits per heavy atom. The van der Waals surface area contributed by atoms with E-state index in [1.807, 2.05) is 6.07 Å². The van der Waals surface area contributed by atoms with Gasteiger partial charge in [-0.2, -0.15) is 0 Å². The first-order valence-electron chi connectivity index (χ1n) is 6.10. The number of halogens is 2. The maximum Gasteiger partial charge on any atom is 0.136 e. The van der Waals surface area contributed by atoms with Crippen molar-refractivity contribution < 1.29 is 5.11 Å². The highest BCUT2D eigenvalue weighted by Crippen LogP contribution is 2.42. The molecule has 102 valence electrons. The molecule has 1 rings (SSSR count). The molecule has 0 bridgehead atoms. The fraction of sp³-hybridized carbons (Fsp3) is 0.600. The van der Waals surface area contributed by atoms with Crippen LogP contribution in [0, 0.1) is 0 Å². The Morgan fingerprint density at radius 1 is 0.944 bits per heavy atom. The summed E-state index contributed by atoms with van der Waals surface area (Å²) in [6.45, 7) is 12.6. The predicted octanol–water partition coefficient (Wildman–Crippen LogP) is 5.46. The Labute approximate surface area is 120 Å². The van der Waals surface area contributed by atoms with Crippen LogP contribution in [0.25, 0.3) is 0 Å². The van der Waals surface area contributed by atoms with Crippen LogP contribution in [0.1, 0.15) is 63.1 Å². The van der Waals surface area contributed by atoms with Crippen molar-refractivity contribution in [3.63, 3.8) is 0 Å². The van der Waals surface area contributed by atoms with E-state index in [1.54, 1.807) is 0 Å². The fourth-order valence-electron chi connectivity index (χ4n) is 1.83. The molecule has 0 radical (unpaired) electrons. The molecule has 1 aromatic rings. The van der Waals surface area contributed by atoms with E-state index in [4.69, 9.17) is 23.2 Å². The molecule has 18 heavy (non-hydrogen) atoms. The Hall–Kier alpha value is -0.400. The van der Waals surface area contributed by atoms with Crippen molar-refractivity contribution in [3.05, 3.63) is 28.8 Å². The van der Waals surface area contributed by atoms with E-state index in [-0.39, 0.29) is 16.6 Å². The maximum absolute atomic E-state index is 10.3. The molecule has 1 nitrogen and oxygen atoms in total. The second kappa shape index (κ2) is 4.94. The summed E-state index contributed by atoms with van der Waals surface area (Å²) >= 11 is 11.9. The van der Waals surface area contributed by atoms with Crippen LogP contribution in [0.3, 0.4) is 0 Å². The molecule has 0 saturated carbocycles. The van der Waals surface area contributed by atoms with Crippen molar-refractivity contribution >= 4 is 23.2 Å². The van der Waals surface area contributed by atoms with E-state index < -0.39 is 4.84 Å². The third kappa shape index (κ3) is 3.33. The fourth-order valence-corrected chi connectivity index (χ4v) is 2.16. The second-order valence-electron chi connectivity index (χ2n) is 6.76. The van der Waals surface area contributed by atoms with Gasteiger partial charge in [0.25, 0.3) is 0 Å². The van der Waals surface area contributed by atoms with Gasteiger partial charge in [0.05, 0.1) is 0 Å². The zero-order valence-corrected chi connectivity index (χ0v) is 13.4. The van der Waals surface area contributed by atoms with Gasteiger partial charge in [0.1, 0.15) is 10.6 Å². The number of alkyl halides is 2. The highest BCUT2D eigenvalue weighted by molar-refractivity contribution is 6.44. The van der Waals surface area contributed by atoms with Gasteiger partial charge in [0, 0.05) is 5.56 Å². The zero-order valence-electron chi connectivity index (χ0n) is 11.9. The molecule has 1 N–H and O–H groups in total. The quantitative estimate of drug-likeness (QED) is 0.680. The zero-order chi connectivity index (χ0) is 14.3. The topological polar surface area (TPSA) is 20.2 Å². The SMILES string of the molecule is CC(C)(C)c1cc(C(Cl)Cl)c(O)c(C(C)(C)C)c1. The highest BCUT2D eigenvalue weighted by Gasteiger charge is 2.26. The molecular formula is C15H22Cl2O. The Morgan fingerprint density at radius 3 is 1.78 bits per heavy atom. The van der Waals surface area contributed by atoms with Crippen LogP contribution in [0.15, 0.2) is 12.1 Å². The molecule has 0 fully saturated rings. The van der Waals surface area contributed by atoms with E-state index in [1.165, 1.54) is 0 Å². The van der Waals surface area contributed by atoms with Crippen molar-refractivity contribution in [2.75, 3.05) is 0 Å². The molecule has 0 aliphatic rings. The van der Waals surface area contributed by atoms with Gasteiger partial charge in [-0.15, -0.1) is 0 Å². The number of rotatable bonds is 1. The summed E-state index contributed by atoms with van der Waals surface area (Å²) in [6, 6.07) is 3.95. The third-order valence-corrected chi connectivity index (χ3v) is 3.52. The van der Waals surface area contributed by atoms with E-state index >= 15 is 0 Å². The van der Waals surface area contributed by atoms with Crippen LogP contribution in [-0.4, -0.2) is 5.11 Å². The minimum atomic E-state index is -0.714.